The summed E-state index contributed by atoms with van der Waals surface area (Å²) >= 11 is 0. The molecule has 4 aromatic rings. The van der Waals surface area contributed by atoms with Gasteiger partial charge in [-0.2, -0.15) is 0 Å². The second kappa shape index (κ2) is 11.5. The molecular formula is C32H35N3O3. The topological polar surface area (TPSA) is 54.8 Å². The van der Waals surface area contributed by atoms with E-state index in [1.54, 1.807) is 4.90 Å². The molecule has 6 nitrogen and oxygen atoms in total. The molecule has 1 atom stereocenters. The fraction of sp³-hybridized carbons (Fsp3) is 0.312. The molecule has 38 heavy (non-hydrogen) atoms. The molecule has 196 valence electrons. The Hall–Kier alpha value is -4.06. The van der Waals surface area contributed by atoms with Crippen LogP contribution >= 0.6 is 0 Å². The van der Waals surface area contributed by atoms with Gasteiger partial charge in [-0.15, -0.1) is 0 Å². The standard InChI is InChI=1S/C32H35N3O3/c1-33-19-11-4-12-20-35(32(37)28-22-34(2)29-17-9-7-15-26(28)29)25(21-24-13-5-3-6-14-24)23-38-30-18-10-8-16-27(30)31(33)36/h3,5-10,13-18,22,25H,4,11-12,19-21,23H2,1-2H3/t25-/m1/s1. The second-order valence-corrected chi connectivity index (χ2v) is 10.1. The molecule has 1 aromatic heterocycles. The molecule has 2 amide bonds. The van der Waals surface area contributed by atoms with Crippen LogP contribution < -0.4 is 4.74 Å². The molecule has 0 N–H and O–H groups in total. The van der Waals surface area contributed by atoms with Crippen molar-refractivity contribution in [2.75, 3.05) is 26.7 Å². The number of fused-ring (bicyclic) bond motifs is 2. The summed E-state index contributed by atoms with van der Waals surface area (Å²) in [7, 11) is 3.82. The van der Waals surface area contributed by atoms with Gasteiger partial charge >= 0.3 is 0 Å². The van der Waals surface area contributed by atoms with Gasteiger partial charge in [0.1, 0.15) is 12.4 Å². The van der Waals surface area contributed by atoms with Gasteiger partial charge in [0.2, 0.25) is 0 Å². The van der Waals surface area contributed by atoms with Crippen LogP contribution in [0, 0.1) is 0 Å². The van der Waals surface area contributed by atoms with Crippen LogP contribution in [-0.2, 0) is 13.5 Å². The summed E-state index contributed by atoms with van der Waals surface area (Å²) in [4.78, 5) is 31.2. The molecule has 0 unspecified atom stereocenters. The largest absolute Gasteiger partial charge is 0.491 e. The van der Waals surface area contributed by atoms with Gasteiger partial charge in [0.05, 0.1) is 17.2 Å². The van der Waals surface area contributed by atoms with E-state index in [1.807, 2.05) is 96.5 Å². The maximum absolute atomic E-state index is 14.3. The molecule has 0 aliphatic carbocycles. The van der Waals surface area contributed by atoms with Gasteiger partial charge in [0.25, 0.3) is 11.8 Å². The molecule has 3 aromatic carbocycles. The minimum absolute atomic E-state index is 0.0164. The Morgan fingerprint density at radius 3 is 2.42 bits per heavy atom. The van der Waals surface area contributed by atoms with Gasteiger partial charge in [-0.25, -0.2) is 0 Å². The Kier molecular flexibility index (Phi) is 7.78. The van der Waals surface area contributed by atoms with Crippen LogP contribution in [-0.4, -0.2) is 59.0 Å². The number of para-hydroxylation sites is 2. The summed E-state index contributed by atoms with van der Waals surface area (Å²) in [6, 6.07) is 25.5. The van der Waals surface area contributed by atoms with E-state index in [0.717, 1.165) is 35.7 Å². The number of hydrogen-bond acceptors (Lipinski definition) is 3. The SMILES string of the molecule is CN1CCCCCN(C(=O)c2cn(C)c3ccccc23)[C@H](Cc2ccccc2)COc2ccccc2C1=O. The van der Waals surface area contributed by atoms with Crippen LogP contribution in [0.2, 0.25) is 0 Å². The summed E-state index contributed by atoms with van der Waals surface area (Å²) in [5.41, 5.74) is 3.44. The van der Waals surface area contributed by atoms with Gasteiger partial charge in [-0.3, -0.25) is 9.59 Å². The highest BCUT2D eigenvalue weighted by Crippen LogP contribution is 2.26. The third-order valence-corrected chi connectivity index (χ3v) is 7.43. The van der Waals surface area contributed by atoms with Crippen molar-refractivity contribution >= 4 is 22.7 Å². The van der Waals surface area contributed by atoms with E-state index < -0.39 is 0 Å². The fourth-order valence-electron chi connectivity index (χ4n) is 5.33. The van der Waals surface area contributed by atoms with Crippen molar-refractivity contribution in [2.24, 2.45) is 7.05 Å². The lowest BCUT2D eigenvalue weighted by atomic mass is 10.0. The lowest BCUT2D eigenvalue weighted by Gasteiger charge is -2.32. The van der Waals surface area contributed by atoms with Crippen LogP contribution in [0.1, 0.15) is 45.5 Å². The first kappa shape index (κ1) is 25.6. The van der Waals surface area contributed by atoms with E-state index in [4.69, 9.17) is 4.74 Å². The van der Waals surface area contributed by atoms with Gasteiger partial charge < -0.3 is 19.1 Å². The molecule has 1 aliphatic heterocycles. The number of hydrogen-bond donors (Lipinski definition) is 0. The average molecular weight is 510 g/mol. The highest BCUT2D eigenvalue weighted by Gasteiger charge is 2.29. The van der Waals surface area contributed by atoms with E-state index in [1.165, 1.54) is 0 Å². The molecule has 2 heterocycles. The third kappa shape index (κ3) is 5.44. The predicted molar refractivity (Wildman–Crippen MR) is 151 cm³/mol. The van der Waals surface area contributed by atoms with Crippen molar-refractivity contribution in [3.05, 3.63) is 102 Å². The first-order chi connectivity index (χ1) is 18.5. The van der Waals surface area contributed by atoms with Crippen LogP contribution in [0.25, 0.3) is 10.9 Å². The van der Waals surface area contributed by atoms with Crippen molar-refractivity contribution in [1.29, 1.82) is 0 Å². The molecule has 6 heteroatoms. The smallest absolute Gasteiger partial charge is 0.257 e. The van der Waals surface area contributed by atoms with Crippen molar-refractivity contribution in [1.82, 2.24) is 14.4 Å². The molecule has 0 bridgehead atoms. The van der Waals surface area contributed by atoms with Gasteiger partial charge in [0, 0.05) is 44.3 Å². The van der Waals surface area contributed by atoms with E-state index >= 15 is 0 Å². The fourth-order valence-corrected chi connectivity index (χ4v) is 5.33. The molecule has 1 aliphatic rings. The number of aryl methyl sites for hydroxylation is 1. The molecule has 0 radical (unpaired) electrons. The molecule has 0 spiro atoms. The molecule has 0 saturated heterocycles. The number of aromatic nitrogens is 1. The number of ether oxygens (including phenoxy) is 1. The number of benzene rings is 3. The van der Waals surface area contributed by atoms with Crippen molar-refractivity contribution in [2.45, 2.75) is 31.7 Å². The summed E-state index contributed by atoms with van der Waals surface area (Å²) in [6.45, 7) is 1.58. The number of amides is 2. The van der Waals surface area contributed by atoms with Crippen molar-refractivity contribution in [3.8, 4) is 5.75 Å². The molecule has 0 fully saturated rings. The monoisotopic (exact) mass is 509 g/mol. The quantitative estimate of drug-likeness (QED) is 0.363. The van der Waals surface area contributed by atoms with Crippen molar-refractivity contribution < 1.29 is 14.3 Å². The maximum atomic E-state index is 14.3. The van der Waals surface area contributed by atoms with Gasteiger partial charge in [-0.05, 0) is 49.4 Å². The highest BCUT2D eigenvalue weighted by atomic mass is 16.5. The zero-order valence-corrected chi connectivity index (χ0v) is 22.2. The van der Waals surface area contributed by atoms with Crippen LogP contribution in [0.4, 0.5) is 0 Å². The molecule has 5 rings (SSSR count). The van der Waals surface area contributed by atoms with E-state index in [9.17, 15) is 9.59 Å². The summed E-state index contributed by atoms with van der Waals surface area (Å²) < 4.78 is 8.38. The van der Waals surface area contributed by atoms with E-state index in [-0.39, 0.29) is 17.9 Å². The van der Waals surface area contributed by atoms with Gasteiger partial charge in [0.15, 0.2) is 0 Å². The number of rotatable bonds is 3. The summed E-state index contributed by atoms with van der Waals surface area (Å²) in [5.74, 6) is 0.532. The Morgan fingerprint density at radius 1 is 0.868 bits per heavy atom. The van der Waals surface area contributed by atoms with Gasteiger partial charge in [-0.1, -0.05) is 60.7 Å². The van der Waals surface area contributed by atoms with Crippen molar-refractivity contribution in [3.63, 3.8) is 0 Å². The summed E-state index contributed by atoms with van der Waals surface area (Å²) in [6.07, 6.45) is 5.27. The number of carbonyl (C=O) groups excluding carboxylic acids is 2. The minimum atomic E-state index is -0.203. The Bertz CT molecular complexity index is 1410. The van der Waals surface area contributed by atoms with Crippen LogP contribution in [0.3, 0.4) is 0 Å². The number of nitrogens with zero attached hydrogens (tertiary/aromatic N) is 3. The zero-order valence-electron chi connectivity index (χ0n) is 22.2. The second-order valence-electron chi connectivity index (χ2n) is 10.1. The molecule has 0 saturated carbocycles. The first-order valence-corrected chi connectivity index (χ1v) is 13.4. The zero-order chi connectivity index (χ0) is 26.5. The Morgan fingerprint density at radius 2 is 1.58 bits per heavy atom. The normalized spacial score (nSPS) is 17.2. The highest BCUT2D eigenvalue weighted by molar-refractivity contribution is 6.07. The number of carbonyl (C=O) groups is 2. The van der Waals surface area contributed by atoms with E-state index in [2.05, 4.69) is 12.1 Å². The Balaban J connectivity index is 1.53. The maximum Gasteiger partial charge on any atom is 0.257 e. The van der Waals surface area contributed by atoms with Crippen LogP contribution in [0.5, 0.6) is 5.75 Å². The predicted octanol–water partition coefficient (Wildman–Crippen LogP) is 5.57. The lowest BCUT2D eigenvalue weighted by Crippen LogP contribution is -2.45. The third-order valence-electron chi connectivity index (χ3n) is 7.43. The average Bonchev–Trinajstić information content (AvgIpc) is 3.29. The lowest BCUT2D eigenvalue weighted by molar-refractivity contribution is 0.0607. The van der Waals surface area contributed by atoms with Crippen LogP contribution in [0.15, 0.2) is 85.1 Å². The Labute approximate surface area is 224 Å². The molecular weight excluding hydrogens is 474 g/mol. The minimum Gasteiger partial charge on any atom is -0.491 e. The summed E-state index contributed by atoms with van der Waals surface area (Å²) in [5, 5.41) is 0.958. The first-order valence-electron chi connectivity index (χ1n) is 13.4. The van der Waals surface area contributed by atoms with E-state index in [0.29, 0.717) is 43.0 Å².